The fraction of sp³-hybridized carbons (Fsp3) is 0.0417. The number of carbonyl (C=O) groups excluding carboxylic acids is 1. The van der Waals surface area contributed by atoms with E-state index in [1.807, 2.05) is 18.2 Å². The summed E-state index contributed by atoms with van der Waals surface area (Å²) in [6, 6.07) is 13.6. The number of para-hydroxylation sites is 2. The maximum absolute atomic E-state index is 13.6. The minimum atomic E-state index is -1.03. The van der Waals surface area contributed by atoms with Crippen LogP contribution < -0.4 is 11.1 Å². The largest absolute Gasteiger partial charge is 0.379 e. The lowest BCUT2D eigenvalue weighted by Gasteiger charge is -2.09. The van der Waals surface area contributed by atoms with Crippen molar-refractivity contribution < 1.29 is 22.7 Å². The molecule has 0 unspecified atom stereocenters. The Balaban J connectivity index is 1.24. The number of nitrogen functional groups attached to an aromatic ring is 1. The predicted octanol–water partition coefficient (Wildman–Crippen LogP) is 3.70. The topological polar surface area (TPSA) is 164 Å². The molecule has 0 saturated heterocycles. The number of amides is 1. The summed E-state index contributed by atoms with van der Waals surface area (Å²) in [6.07, 6.45) is 1.46. The number of nitrogens with one attached hydrogen (secondary N) is 1. The summed E-state index contributed by atoms with van der Waals surface area (Å²) >= 11 is 0. The highest BCUT2D eigenvalue weighted by Crippen LogP contribution is 2.27. The number of anilines is 2. The molecule has 0 saturated carbocycles. The zero-order valence-corrected chi connectivity index (χ0v) is 19.2. The van der Waals surface area contributed by atoms with Crippen LogP contribution in [0.1, 0.15) is 0 Å². The summed E-state index contributed by atoms with van der Waals surface area (Å²) in [5.74, 6) is -1.68. The molecule has 4 aromatic heterocycles. The summed E-state index contributed by atoms with van der Waals surface area (Å²) in [5, 5.41) is 14.0. The molecule has 14 heteroatoms. The van der Waals surface area contributed by atoms with Crippen LogP contribution in [0, 0.1) is 11.6 Å². The van der Waals surface area contributed by atoms with Crippen LogP contribution in [0.3, 0.4) is 0 Å². The van der Waals surface area contributed by atoms with Crippen LogP contribution in [0.4, 0.5) is 20.4 Å². The van der Waals surface area contributed by atoms with Gasteiger partial charge < -0.3 is 20.1 Å². The molecule has 0 aliphatic carbocycles. The number of fused-ring (bicyclic) bond motifs is 1. The van der Waals surface area contributed by atoms with Crippen LogP contribution in [0.15, 0.2) is 69.9 Å². The van der Waals surface area contributed by atoms with Gasteiger partial charge >= 0.3 is 0 Å². The average molecular weight is 515 g/mol. The minimum absolute atomic E-state index is 0.00225. The number of hydrogen-bond acceptors (Lipinski definition) is 10. The van der Waals surface area contributed by atoms with Crippen molar-refractivity contribution in [3.63, 3.8) is 0 Å². The van der Waals surface area contributed by atoms with E-state index in [1.165, 1.54) is 12.3 Å². The monoisotopic (exact) mass is 515 g/mol. The van der Waals surface area contributed by atoms with E-state index in [0.717, 1.165) is 12.1 Å². The van der Waals surface area contributed by atoms with Crippen LogP contribution in [0.5, 0.6) is 0 Å². The van der Waals surface area contributed by atoms with Crippen LogP contribution in [0.25, 0.3) is 45.4 Å². The lowest BCUT2D eigenvalue weighted by Crippen LogP contribution is -2.20. The van der Waals surface area contributed by atoms with Gasteiger partial charge in [-0.2, -0.15) is 4.98 Å². The number of benzene rings is 2. The molecule has 12 nitrogen and oxygen atoms in total. The van der Waals surface area contributed by atoms with Crippen LogP contribution in [-0.2, 0) is 11.3 Å². The number of hydrogen-bond donors (Lipinski definition) is 2. The Kier molecular flexibility index (Phi) is 5.52. The second-order valence-electron chi connectivity index (χ2n) is 8.04. The molecule has 6 aromatic rings. The number of aromatic nitrogens is 7. The summed E-state index contributed by atoms with van der Waals surface area (Å²) in [4.78, 5) is 26.0. The van der Waals surface area contributed by atoms with Gasteiger partial charge in [0.05, 0.1) is 11.0 Å². The van der Waals surface area contributed by atoms with E-state index in [1.54, 1.807) is 22.8 Å². The molecule has 0 fully saturated rings. The summed E-state index contributed by atoms with van der Waals surface area (Å²) < 4.78 is 38.3. The molecule has 38 heavy (non-hydrogen) atoms. The molecule has 2 aromatic carbocycles. The molecule has 0 radical (unpaired) electrons. The van der Waals surface area contributed by atoms with E-state index in [9.17, 15) is 13.6 Å². The molecule has 0 aliphatic heterocycles. The number of imidazole rings is 1. The Bertz CT molecular complexity index is 1810. The van der Waals surface area contributed by atoms with Gasteiger partial charge in [-0.05, 0) is 52.8 Å². The van der Waals surface area contributed by atoms with Crippen molar-refractivity contribution in [2.24, 2.45) is 0 Å². The second-order valence-corrected chi connectivity index (χ2v) is 8.04. The smallest absolute Gasteiger partial charge is 0.258 e. The maximum atomic E-state index is 13.6. The summed E-state index contributed by atoms with van der Waals surface area (Å²) in [6.45, 7) is -0.142. The Morgan fingerprint density at radius 2 is 1.84 bits per heavy atom. The average Bonchev–Trinajstić information content (AvgIpc) is 3.65. The number of nitrogens with zero attached hydrogens (tertiary/aromatic N) is 7. The van der Waals surface area contributed by atoms with Gasteiger partial charge in [-0.1, -0.05) is 17.3 Å². The van der Waals surface area contributed by atoms with Crippen molar-refractivity contribution in [2.75, 3.05) is 11.1 Å². The van der Waals surface area contributed by atoms with Crippen molar-refractivity contribution in [3.05, 3.63) is 72.4 Å². The highest BCUT2D eigenvalue weighted by Gasteiger charge is 2.21. The van der Waals surface area contributed by atoms with E-state index < -0.39 is 17.5 Å². The van der Waals surface area contributed by atoms with Crippen LogP contribution in [0.2, 0.25) is 0 Å². The second kappa shape index (κ2) is 9.16. The predicted molar refractivity (Wildman–Crippen MR) is 129 cm³/mol. The Morgan fingerprint density at radius 1 is 0.974 bits per heavy atom. The molecule has 1 amide bonds. The third-order valence-corrected chi connectivity index (χ3v) is 5.56. The molecule has 0 bridgehead atoms. The van der Waals surface area contributed by atoms with E-state index in [2.05, 4.69) is 35.7 Å². The van der Waals surface area contributed by atoms with E-state index in [0.29, 0.717) is 22.4 Å². The molecule has 188 valence electrons. The Labute approximate surface area is 211 Å². The van der Waals surface area contributed by atoms with E-state index in [4.69, 9.17) is 14.9 Å². The quantitative estimate of drug-likeness (QED) is 0.334. The Hall–Kier alpha value is -5.53. The fourth-order valence-corrected chi connectivity index (χ4v) is 3.82. The normalized spacial score (nSPS) is 11.2. The van der Waals surface area contributed by atoms with Crippen molar-refractivity contribution in [3.8, 4) is 34.4 Å². The molecule has 0 atom stereocenters. The van der Waals surface area contributed by atoms with Gasteiger partial charge in [0.1, 0.15) is 12.4 Å². The molecular weight excluding hydrogens is 500 g/mol. The number of pyridine rings is 1. The van der Waals surface area contributed by atoms with Gasteiger partial charge in [-0.15, -0.1) is 0 Å². The fourth-order valence-electron chi connectivity index (χ4n) is 3.82. The number of rotatable bonds is 6. The van der Waals surface area contributed by atoms with Crippen molar-refractivity contribution in [1.82, 2.24) is 35.0 Å². The molecule has 0 spiro atoms. The standard InChI is InChI=1S/C24H15F2N9O3/c25-14-6-5-13(9-15(14)26)24-31-22(34-37-24)12-7-8-28-18(10-12)30-19(36)11-35-17-4-2-1-3-16(17)29-23(35)20-21(27)33-38-32-20/h1-10H,11H2,(H2,27,33)(H,28,30,36). The zero-order chi connectivity index (χ0) is 26.2. The first kappa shape index (κ1) is 22.9. The van der Waals surface area contributed by atoms with Gasteiger partial charge in [-0.25, -0.2) is 23.4 Å². The molecule has 6 rings (SSSR count). The number of carbonyl (C=O) groups is 1. The SMILES string of the molecule is Nc1nonc1-c1nc2ccccc2n1CC(=O)Nc1cc(-c2noc(-c3ccc(F)c(F)c3)n2)ccn1. The third-order valence-electron chi connectivity index (χ3n) is 5.56. The maximum Gasteiger partial charge on any atom is 0.258 e. The molecular formula is C24H15F2N9O3. The molecule has 4 heterocycles. The number of halogens is 2. The van der Waals surface area contributed by atoms with Gasteiger partial charge in [0, 0.05) is 17.3 Å². The van der Waals surface area contributed by atoms with Crippen LogP contribution in [-0.4, -0.2) is 40.9 Å². The Morgan fingerprint density at radius 3 is 2.66 bits per heavy atom. The lowest BCUT2D eigenvalue weighted by molar-refractivity contribution is -0.116. The zero-order valence-electron chi connectivity index (χ0n) is 19.2. The van der Waals surface area contributed by atoms with Crippen molar-refractivity contribution >= 4 is 28.6 Å². The molecule has 0 aliphatic rings. The number of nitrogens with two attached hydrogens (primary N) is 1. The summed E-state index contributed by atoms with van der Waals surface area (Å²) in [5.41, 5.74) is 8.07. The molecule has 3 N–H and O–H groups in total. The van der Waals surface area contributed by atoms with Gasteiger partial charge in [-0.3, -0.25) is 4.79 Å². The van der Waals surface area contributed by atoms with Crippen molar-refractivity contribution in [2.45, 2.75) is 6.54 Å². The highest BCUT2D eigenvalue weighted by atomic mass is 19.2. The lowest BCUT2D eigenvalue weighted by atomic mass is 10.2. The van der Waals surface area contributed by atoms with Gasteiger partial charge in [0.25, 0.3) is 5.89 Å². The highest BCUT2D eigenvalue weighted by molar-refractivity contribution is 5.92. The first-order chi connectivity index (χ1) is 18.5. The third kappa shape index (κ3) is 4.19. The first-order valence-corrected chi connectivity index (χ1v) is 11.1. The van der Waals surface area contributed by atoms with E-state index in [-0.39, 0.29) is 41.2 Å². The minimum Gasteiger partial charge on any atom is -0.379 e. The van der Waals surface area contributed by atoms with Gasteiger partial charge in [0.2, 0.25) is 11.7 Å². The first-order valence-electron chi connectivity index (χ1n) is 11.1. The van der Waals surface area contributed by atoms with Gasteiger partial charge in [0.15, 0.2) is 29.0 Å². The van der Waals surface area contributed by atoms with Crippen molar-refractivity contribution in [1.29, 1.82) is 0 Å². The van der Waals surface area contributed by atoms with E-state index >= 15 is 0 Å². The summed E-state index contributed by atoms with van der Waals surface area (Å²) in [7, 11) is 0. The van der Waals surface area contributed by atoms with Crippen LogP contribution >= 0.6 is 0 Å².